The van der Waals surface area contributed by atoms with Crippen LogP contribution < -0.4 is 0 Å². The summed E-state index contributed by atoms with van der Waals surface area (Å²) in [6.07, 6.45) is 1.21. The second kappa shape index (κ2) is 3.97. The Morgan fingerprint density at radius 3 is 2.23 bits per heavy atom. The first-order valence-electron chi connectivity index (χ1n) is 5.29. The van der Waals surface area contributed by atoms with Gasteiger partial charge in [-0.15, -0.1) is 0 Å². The van der Waals surface area contributed by atoms with Crippen molar-refractivity contribution in [3.63, 3.8) is 0 Å². The molecule has 0 saturated carbocycles. The molecular weight excluding hydrogens is 160 g/mol. The Morgan fingerprint density at radius 2 is 1.92 bits per heavy atom. The van der Waals surface area contributed by atoms with E-state index >= 15 is 0 Å². The minimum absolute atomic E-state index is 0.213. The van der Waals surface area contributed by atoms with Crippen LogP contribution in [-0.4, -0.2) is 34.5 Å². The number of hydrogen-bond donors (Lipinski definition) is 0. The average Bonchev–Trinajstić information content (AvgIpc) is 2.46. The summed E-state index contributed by atoms with van der Waals surface area (Å²) in [5.41, 5.74) is 0.213. The van der Waals surface area contributed by atoms with E-state index in [1.165, 1.54) is 6.42 Å². The Kier molecular flexibility index (Phi) is 3.36. The number of rotatable bonds is 2. The van der Waals surface area contributed by atoms with Crippen LogP contribution in [0.15, 0.2) is 0 Å². The van der Waals surface area contributed by atoms with E-state index in [1.807, 2.05) is 0 Å². The molecule has 1 aliphatic heterocycles. The van der Waals surface area contributed by atoms with Crippen LogP contribution in [0, 0.1) is 6.67 Å². The van der Waals surface area contributed by atoms with Gasteiger partial charge >= 0.3 is 0 Å². The molecular formula is C11H22N2. The summed E-state index contributed by atoms with van der Waals surface area (Å²) in [4.78, 5) is 4.65. The third kappa shape index (κ3) is 2.44. The molecule has 1 heterocycles. The van der Waals surface area contributed by atoms with E-state index in [0.29, 0.717) is 6.04 Å². The van der Waals surface area contributed by atoms with E-state index in [4.69, 9.17) is 0 Å². The predicted molar refractivity (Wildman–Crippen MR) is 56.2 cm³/mol. The van der Waals surface area contributed by atoms with E-state index < -0.39 is 0 Å². The highest BCUT2D eigenvalue weighted by Gasteiger charge is 2.36. The lowest BCUT2D eigenvalue weighted by molar-refractivity contribution is 0.145. The number of nitrogens with zero attached hydrogens (tertiary/aromatic N) is 2. The zero-order chi connectivity index (χ0) is 10.1. The fourth-order valence-corrected chi connectivity index (χ4v) is 1.82. The van der Waals surface area contributed by atoms with Crippen LogP contribution in [0.1, 0.15) is 41.0 Å². The summed E-state index contributed by atoms with van der Waals surface area (Å²) in [5.74, 6) is 0. The maximum Gasteiger partial charge on any atom is 0.147 e. The Balaban J connectivity index is 2.63. The minimum Gasteiger partial charge on any atom is -0.278 e. The van der Waals surface area contributed by atoms with Gasteiger partial charge in [0.1, 0.15) is 6.67 Å². The highest BCUT2D eigenvalue weighted by atomic mass is 15.4. The molecule has 0 N–H and O–H groups in total. The van der Waals surface area contributed by atoms with Gasteiger partial charge in [-0.1, -0.05) is 13.8 Å². The number of hydrogen-bond acceptors (Lipinski definition) is 2. The zero-order valence-corrected chi connectivity index (χ0v) is 9.59. The van der Waals surface area contributed by atoms with Gasteiger partial charge in [-0.3, -0.25) is 9.80 Å². The molecule has 1 aliphatic rings. The molecule has 1 saturated heterocycles. The molecule has 2 nitrogen and oxygen atoms in total. The monoisotopic (exact) mass is 182 g/mol. The van der Waals surface area contributed by atoms with Crippen LogP contribution in [0.25, 0.3) is 0 Å². The van der Waals surface area contributed by atoms with Crippen LogP contribution in [0.3, 0.4) is 0 Å². The van der Waals surface area contributed by atoms with E-state index in [1.54, 1.807) is 0 Å². The second-order valence-electron chi connectivity index (χ2n) is 4.74. The lowest BCUT2D eigenvalue weighted by Gasteiger charge is -2.34. The molecule has 2 heteroatoms. The van der Waals surface area contributed by atoms with Gasteiger partial charge in [-0.25, -0.2) is 0 Å². The van der Waals surface area contributed by atoms with Crippen LogP contribution in [0.5, 0.6) is 0 Å². The summed E-state index contributed by atoms with van der Waals surface area (Å²) < 4.78 is 0. The fraction of sp³-hybridized carbons (Fsp3) is 0.909. The van der Waals surface area contributed by atoms with E-state index in [0.717, 1.165) is 13.1 Å². The summed E-state index contributed by atoms with van der Waals surface area (Å²) in [6, 6.07) is 0.653. The van der Waals surface area contributed by atoms with Gasteiger partial charge < -0.3 is 0 Å². The van der Waals surface area contributed by atoms with Crippen molar-refractivity contribution < 1.29 is 0 Å². The normalized spacial score (nSPS) is 27.0. The largest absolute Gasteiger partial charge is 0.278 e. The van der Waals surface area contributed by atoms with Gasteiger partial charge in [0.15, 0.2) is 0 Å². The summed E-state index contributed by atoms with van der Waals surface area (Å²) in [6.45, 7) is 16.9. The van der Waals surface area contributed by atoms with Crippen LogP contribution >= 0.6 is 0 Å². The van der Waals surface area contributed by atoms with Gasteiger partial charge in [0.05, 0.1) is 0 Å². The molecule has 0 aliphatic carbocycles. The Hall–Kier alpha value is -0.0800. The molecule has 0 amide bonds. The van der Waals surface area contributed by atoms with E-state index in [9.17, 15) is 0 Å². The number of likely N-dealkylation sites (N-methyl/N-ethyl adjacent to an activating group) is 1. The summed E-state index contributed by atoms with van der Waals surface area (Å²) in [7, 11) is 0. The Labute approximate surface area is 82.9 Å². The molecule has 0 spiro atoms. The summed E-state index contributed by atoms with van der Waals surface area (Å²) in [5, 5.41) is 0. The van der Waals surface area contributed by atoms with Crippen molar-refractivity contribution in [1.82, 2.24) is 9.80 Å². The minimum atomic E-state index is 0.213. The average molecular weight is 182 g/mol. The van der Waals surface area contributed by atoms with E-state index in [2.05, 4.69) is 51.1 Å². The first-order chi connectivity index (χ1) is 5.99. The van der Waals surface area contributed by atoms with Gasteiger partial charge in [0.25, 0.3) is 0 Å². The van der Waals surface area contributed by atoms with Crippen molar-refractivity contribution >= 4 is 0 Å². The fourth-order valence-electron chi connectivity index (χ4n) is 1.82. The molecule has 0 aromatic rings. The third-order valence-corrected chi connectivity index (χ3v) is 2.62. The predicted octanol–water partition coefficient (Wildman–Crippen LogP) is 2.20. The Bertz CT molecular complexity index is 160. The molecule has 76 valence electrons. The lowest BCUT2D eigenvalue weighted by atomic mass is 10.0. The molecule has 1 fully saturated rings. The first kappa shape index (κ1) is 11.0. The van der Waals surface area contributed by atoms with E-state index in [-0.39, 0.29) is 5.54 Å². The zero-order valence-electron chi connectivity index (χ0n) is 9.59. The van der Waals surface area contributed by atoms with Crippen LogP contribution in [-0.2, 0) is 0 Å². The maximum atomic E-state index is 3.45. The summed E-state index contributed by atoms with van der Waals surface area (Å²) >= 11 is 0. The molecule has 2 radical (unpaired) electrons. The molecule has 0 unspecified atom stereocenters. The highest BCUT2D eigenvalue weighted by Crippen LogP contribution is 2.27. The van der Waals surface area contributed by atoms with Crippen molar-refractivity contribution in [2.45, 2.75) is 52.6 Å². The van der Waals surface area contributed by atoms with Crippen molar-refractivity contribution in [1.29, 1.82) is 0 Å². The van der Waals surface area contributed by atoms with Crippen LogP contribution in [0.2, 0.25) is 0 Å². The second-order valence-corrected chi connectivity index (χ2v) is 4.74. The highest BCUT2D eigenvalue weighted by molar-refractivity contribution is 4.95. The molecule has 1 rings (SSSR count). The molecule has 0 bridgehead atoms. The van der Waals surface area contributed by atoms with Crippen molar-refractivity contribution in [3.05, 3.63) is 6.67 Å². The smallest absolute Gasteiger partial charge is 0.147 e. The van der Waals surface area contributed by atoms with Crippen molar-refractivity contribution in [2.75, 3.05) is 13.1 Å². The topological polar surface area (TPSA) is 6.48 Å². The molecule has 1 atom stereocenters. The third-order valence-electron chi connectivity index (χ3n) is 2.62. The van der Waals surface area contributed by atoms with Crippen LogP contribution in [0.4, 0.5) is 0 Å². The van der Waals surface area contributed by atoms with Crippen molar-refractivity contribution in [3.8, 4) is 0 Å². The maximum absolute atomic E-state index is 3.45. The van der Waals surface area contributed by atoms with Gasteiger partial charge in [0.2, 0.25) is 0 Å². The van der Waals surface area contributed by atoms with Gasteiger partial charge in [-0.05, 0) is 33.7 Å². The SMILES string of the molecule is CC[C@H]1CN(CC)[C]N1C(C)(C)C. The molecule has 0 aromatic heterocycles. The van der Waals surface area contributed by atoms with Gasteiger partial charge in [0, 0.05) is 18.1 Å². The quantitative estimate of drug-likeness (QED) is 0.646. The standard InChI is InChI=1S/C11H22N2/c1-6-10-8-12(7-2)9-13(10)11(3,4)5/h10H,6-8H2,1-5H3/t10-/m0/s1. The van der Waals surface area contributed by atoms with Crippen molar-refractivity contribution in [2.24, 2.45) is 0 Å². The molecule has 13 heavy (non-hydrogen) atoms. The Morgan fingerprint density at radius 1 is 1.31 bits per heavy atom. The molecule has 0 aromatic carbocycles. The first-order valence-corrected chi connectivity index (χ1v) is 5.29. The lowest BCUT2D eigenvalue weighted by Crippen LogP contribution is -2.43. The van der Waals surface area contributed by atoms with Gasteiger partial charge in [-0.2, -0.15) is 0 Å².